The Morgan fingerprint density at radius 1 is 1.10 bits per heavy atom. The molecular formula is C25H41N3O2. The van der Waals surface area contributed by atoms with Gasteiger partial charge in [-0.25, -0.2) is 0 Å². The summed E-state index contributed by atoms with van der Waals surface area (Å²) in [5.74, 6) is 0.249. The van der Waals surface area contributed by atoms with Crippen LogP contribution in [0, 0.1) is 11.3 Å². The zero-order chi connectivity index (χ0) is 22.3. The van der Waals surface area contributed by atoms with Crippen molar-refractivity contribution in [2.24, 2.45) is 11.3 Å². The molecule has 2 atom stereocenters. The van der Waals surface area contributed by atoms with Gasteiger partial charge in [-0.05, 0) is 68.6 Å². The topological polar surface area (TPSA) is 61.4 Å². The SMILES string of the molecule is CC[C@@H](C)NC(=O)c1cc(NC(=O)C[C@@H](C)CC(C)(C)C)ccc1N1CCCCC1. The van der Waals surface area contributed by atoms with E-state index in [1.807, 2.05) is 25.1 Å². The number of benzene rings is 1. The third-order valence-corrected chi connectivity index (χ3v) is 5.71. The fourth-order valence-corrected chi connectivity index (χ4v) is 4.26. The summed E-state index contributed by atoms with van der Waals surface area (Å²) in [5.41, 5.74) is 2.52. The van der Waals surface area contributed by atoms with Crippen molar-refractivity contribution in [2.75, 3.05) is 23.3 Å². The van der Waals surface area contributed by atoms with Gasteiger partial charge in [-0.2, -0.15) is 0 Å². The molecule has 0 unspecified atom stereocenters. The van der Waals surface area contributed by atoms with Gasteiger partial charge in [-0.3, -0.25) is 9.59 Å². The van der Waals surface area contributed by atoms with Crippen LogP contribution in [0.25, 0.3) is 0 Å². The number of carbonyl (C=O) groups is 2. The predicted octanol–water partition coefficient (Wildman–Crippen LogP) is 5.61. The molecule has 0 radical (unpaired) electrons. The molecule has 30 heavy (non-hydrogen) atoms. The zero-order valence-electron chi connectivity index (χ0n) is 19.8. The van der Waals surface area contributed by atoms with E-state index in [2.05, 4.69) is 50.2 Å². The van der Waals surface area contributed by atoms with Crippen LogP contribution in [0.4, 0.5) is 11.4 Å². The van der Waals surface area contributed by atoms with Crippen LogP contribution in [0.5, 0.6) is 0 Å². The van der Waals surface area contributed by atoms with Crippen molar-refractivity contribution in [3.05, 3.63) is 23.8 Å². The summed E-state index contributed by atoms with van der Waals surface area (Å²) in [5, 5.41) is 6.10. The second kappa shape index (κ2) is 10.8. The number of piperidine rings is 1. The normalized spacial score (nSPS) is 16.7. The molecule has 1 aliphatic heterocycles. The van der Waals surface area contributed by atoms with Crippen LogP contribution in [0.3, 0.4) is 0 Å². The largest absolute Gasteiger partial charge is 0.371 e. The lowest BCUT2D eigenvalue weighted by Crippen LogP contribution is -2.35. The molecule has 2 N–H and O–H groups in total. The Bertz CT molecular complexity index is 718. The second-order valence-corrected chi connectivity index (χ2v) is 10.2. The number of amides is 2. The summed E-state index contributed by atoms with van der Waals surface area (Å²) in [6.45, 7) is 14.7. The Morgan fingerprint density at radius 3 is 2.37 bits per heavy atom. The van der Waals surface area contributed by atoms with Crippen molar-refractivity contribution in [3.63, 3.8) is 0 Å². The monoisotopic (exact) mass is 415 g/mol. The first-order chi connectivity index (χ1) is 14.1. The molecule has 5 nitrogen and oxygen atoms in total. The smallest absolute Gasteiger partial charge is 0.253 e. The minimum atomic E-state index is -0.0675. The van der Waals surface area contributed by atoms with Gasteiger partial charge >= 0.3 is 0 Å². The molecule has 1 saturated heterocycles. The van der Waals surface area contributed by atoms with Gasteiger partial charge in [0.25, 0.3) is 5.91 Å². The lowest BCUT2D eigenvalue weighted by Gasteiger charge is -2.31. The van der Waals surface area contributed by atoms with Gasteiger partial charge in [0.2, 0.25) is 5.91 Å². The molecule has 1 aliphatic rings. The van der Waals surface area contributed by atoms with Crippen molar-refractivity contribution < 1.29 is 9.59 Å². The maximum Gasteiger partial charge on any atom is 0.253 e. The summed E-state index contributed by atoms with van der Waals surface area (Å²) in [6.07, 6.45) is 5.91. The third kappa shape index (κ3) is 7.66. The van der Waals surface area contributed by atoms with Crippen LogP contribution in [-0.2, 0) is 4.79 Å². The molecule has 168 valence electrons. The Hall–Kier alpha value is -2.04. The molecule has 0 saturated carbocycles. The molecule has 0 aromatic heterocycles. The van der Waals surface area contributed by atoms with Crippen LogP contribution < -0.4 is 15.5 Å². The highest BCUT2D eigenvalue weighted by Gasteiger charge is 2.21. The average molecular weight is 416 g/mol. The van der Waals surface area contributed by atoms with Crippen LogP contribution in [0.1, 0.15) is 90.4 Å². The quantitative estimate of drug-likeness (QED) is 0.580. The van der Waals surface area contributed by atoms with E-state index in [1.165, 1.54) is 6.42 Å². The minimum Gasteiger partial charge on any atom is -0.371 e. The van der Waals surface area contributed by atoms with E-state index in [1.54, 1.807) is 0 Å². The summed E-state index contributed by atoms with van der Waals surface area (Å²) in [4.78, 5) is 27.9. The number of rotatable bonds is 8. The van der Waals surface area contributed by atoms with Crippen LogP contribution in [0.15, 0.2) is 18.2 Å². The fourth-order valence-electron chi connectivity index (χ4n) is 4.26. The van der Waals surface area contributed by atoms with Gasteiger partial charge in [0.05, 0.1) is 5.56 Å². The summed E-state index contributed by atoms with van der Waals surface area (Å²) in [6, 6.07) is 5.87. The maximum atomic E-state index is 13.0. The maximum absolute atomic E-state index is 13.0. The van der Waals surface area contributed by atoms with Crippen LogP contribution >= 0.6 is 0 Å². The highest BCUT2D eigenvalue weighted by atomic mass is 16.2. The van der Waals surface area contributed by atoms with E-state index >= 15 is 0 Å². The minimum absolute atomic E-state index is 0.00533. The van der Waals surface area contributed by atoms with Crippen molar-refractivity contribution in [2.45, 2.75) is 86.1 Å². The van der Waals surface area contributed by atoms with Crippen molar-refractivity contribution in [1.29, 1.82) is 0 Å². The Balaban J connectivity index is 2.17. The molecule has 1 heterocycles. The van der Waals surface area contributed by atoms with Gasteiger partial charge in [-0.1, -0.05) is 34.6 Å². The number of nitrogens with zero attached hydrogens (tertiary/aromatic N) is 1. The van der Waals surface area contributed by atoms with E-state index in [-0.39, 0.29) is 23.3 Å². The number of carbonyl (C=O) groups excluding carboxylic acids is 2. The number of hydrogen-bond donors (Lipinski definition) is 2. The van der Waals surface area contributed by atoms with E-state index in [0.717, 1.165) is 44.5 Å². The molecule has 1 aromatic carbocycles. The molecule has 2 amide bonds. The second-order valence-electron chi connectivity index (χ2n) is 10.2. The molecule has 0 spiro atoms. The van der Waals surface area contributed by atoms with Gasteiger partial charge in [0.1, 0.15) is 0 Å². The molecule has 1 fully saturated rings. The molecule has 1 aromatic rings. The highest BCUT2D eigenvalue weighted by Crippen LogP contribution is 2.29. The first-order valence-electron chi connectivity index (χ1n) is 11.6. The lowest BCUT2D eigenvalue weighted by atomic mass is 9.84. The average Bonchev–Trinajstić information content (AvgIpc) is 2.66. The van der Waals surface area contributed by atoms with Gasteiger partial charge in [0, 0.05) is 36.9 Å². The molecule has 0 bridgehead atoms. The van der Waals surface area contributed by atoms with Crippen LogP contribution in [-0.4, -0.2) is 30.9 Å². The van der Waals surface area contributed by atoms with Gasteiger partial charge < -0.3 is 15.5 Å². The summed E-state index contributed by atoms with van der Waals surface area (Å²) in [7, 11) is 0. The molecular weight excluding hydrogens is 374 g/mol. The predicted molar refractivity (Wildman–Crippen MR) is 126 cm³/mol. The van der Waals surface area contributed by atoms with E-state index < -0.39 is 0 Å². The Labute approximate surface area is 183 Å². The van der Waals surface area contributed by atoms with Crippen molar-refractivity contribution in [1.82, 2.24) is 5.32 Å². The molecule has 2 rings (SSSR count). The fraction of sp³-hybridized carbons (Fsp3) is 0.680. The standard InChI is InChI=1S/C25H41N3O2/c1-7-19(3)26-24(30)21-16-20(11-12-22(21)28-13-9-8-10-14-28)27-23(29)15-18(2)17-25(4,5)6/h11-12,16,18-19H,7-10,13-15,17H2,1-6H3,(H,26,30)(H,27,29)/t18-,19-/m1/s1. The van der Waals surface area contributed by atoms with Gasteiger partial charge in [0.15, 0.2) is 0 Å². The highest BCUT2D eigenvalue weighted by molar-refractivity contribution is 6.02. The summed E-state index contributed by atoms with van der Waals surface area (Å²) >= 11 is 0. The van der Waals surface area contributed by atoms with Crippen molar-refractivity contribution >= 4 is 23.2 Å². The first kappa shape index (κ1) is 24.2. The van der Waals surface area contributed by atoms with Crippen molar-refractivity contribution in [3.8, 4) is 0 Å². The lowest BCUT2D eigenvalue weighted by molar-refractivity contribution is -0.117. The zero-order valence-corrected chi connectivity index (χ0v) is 19.8. The third-order valence-electron chi connectivity index (χ3n) is 5.71. The first-order valence-corrected chi connectivity index (χ1v) is 11.6. The van der Waals surface area contributed by atoms with E-state index in [0.29, 0.717) is 23.6 Å². The molecule has 5 heteroatoms. The summed E-state index contributed by atoms with van der Waals surface area (Å²) < 4.78 is 0. The van der Waals surface area contributed by atoms with Gasteiger partial charge in [-0.15, -0.1) is 0 Å². The number of hydrogen-bond acceptors (Lipinski definition) is 3. The molecule has 0 aliphatic carbocycles. The number of anilines is 2. The number of nitrogens with one attached hydrogen (secondary N) is 2. The Kier molecular flexibility index (Phi) is 8.75. The van der Waals surface area contributed by atoms with E-state index in [9.17, 15) is 9.59 Å². The van der Waals surface area contributed by atoms with E-state index in [4.69, 9.17) is 0 Å². The Morgan fingerprint density at radius 2 is 1.77 bits per heavy atom. The van der Waals surface area contributed by atoms with Crippen LogP contribution in [0.2, 0.25) is 0 Å².